The van der Waals surface area contributed by atoms with Crippen LogP contribution in [-0.2, 0) is 11.3 Å². The molecule has 0 radical (unpaired) electrons. The van der Waals surface area contributed by atoms with E-state index in [4.69, 9.17) is 0 Å². The fraction of sp³-hybridized carbons (Fsp3) is 0.375. The summed E-state index contributed by atoms with van der Waals surface area (Å²) >= 11 is 0. The average Bonchev–Trinajstić information content (AvgIpc) is 3.15. The van der Waals surface area contributed by atoms with Gasteiger partial charge in [0.2, 0.25) is 0 Å². The van der Waals surface area contributed by atoms with Crippen molar-refractivity contribution in [2.24, 2.45) is 0 Å². The highest BCUT2D eigenvalue weighted by Crippen LogP contribution is 2.36. The second-order valence-electron chi connectivity index (χ2n) is 5.58. The van der Waals surface area contributed by atoms with Gasteiger partial charge in [0.25, 0.3) is 5.91 Å². The number of nitrogens with zero attached hydrogens (tertiary/aromatic N) is 1. The Morgan fingerprint density at radius 2 is 2.05 bits per heavy atom. The molecule has 0 bridgehead atoms. The van der Waals surface area contributed by atoms with Gasteiger partial charge in [-0.2, -0.15) is 0 Å². The summed E-state index contributed by atoms with van der Waals surface area (Å²) in [5.41, 5.74) is 0.486. The van der Waals surface area contributed by atoms with Gasteiger partial charge in [-0.3, -0.25) is 4.79 Å². The number of carboxylic acid groups (broad SMARTS) is 1. The molecule has 1 amide bonds. The summed E-state index contributed by atoms with van der Waals surface area (Å²) in [5.74, 6) is -1.26. The zero-order chi connectivity index (χ0) is 15.0. The molecule has 1 heterocycles. The predicted octanol–water partition coefficient (Wildman–Crippen LogP) is 2.40. The molecule has 2 aromatic rings. The number of hydrogen-bond acceptors (Lipinski definition) is 2. The van der Waals surface area contributed by atoms with Crippen LogP contribution in [-0.4, -0.2) is 27.1 Å². The van der Waals surface area contributed by atoms with Crippen LogP contribution in [0.5, 0.6) is 0 Å². The quantitative estimate of drug-likeness (QED) is 0.886. The molecule has 0 saturated heterocycles. The number of aryl methyl sites for hydroxylation is 1. The lowest BCUT2D eigenvalue weighted by Crippen LogP contribution is -2.43. The number of para-hydroxylation sites is 1. The number of aliphatic carboxylic acids is 1. The number of aromatic nitrogens is 1. The topological polar surface area (TPSA) is 71.3 Å². The van der Waals surface area contributed by atoms with E-state index in [-0.39, 0.29) is 5.91 Å². The van der Waals surface area contributed by atoms with Crippen LogP contribution in [0.4, 0.5) is 0 Å². The van der Waals surface area contributed by atoms with E-state index in [0.29, 0.717) is 18.5 Å². The van der Waals surface area contributed by atoms with E-state index in [1.54, 1.807) is 0 Å². The van der Waals surface area contributed by atoms with Gasteiger partial charge in [0, 0.05) is 17.4 Å². The fourth-order valence-corrected chi connectivity index (χ4v) is 2.66. The third-order valence-electron chi connectivity index (χ3n) is 4.00. The highest BCUT2D eigenvalue weighted by atomic mass is 16.4. The maximum absolute atomic E-state index is 12.5. The number of carboxylic acids is 1. The van der Waals surface area contributed by atoms with E-state index in [0.717, 1.165) is 23.9 Å². The Morgan fingerprint density at radius 1 is 1.33 bits per heavy atom. The lowest BCUT2D eigenvalue weighted by atomic mass is 10.2. The summed E-state index contributed by atoms with van der Waals surface area (Å²) in [6.45, 7) is 2.78. The SMILES string of the molecule is CCCn1c(C(=O)NC2(C(=O)O)CC2)cc2ccccc21. The first-order valence-corrected chi connectivity index (χ1v) is 7.21. The maximum Gasteiger partial charge on any atom is 0.329 e. The van der Waals surface area contributed by atoms with Crippen molar-refractivity contribution in [2.75, 3.05) is 0 Å². The molecule has 1 aromatic heterocycles. The van der Waals surface area contributed by atoms with Crippen LogP contribution in [0.3, 0.4) is 0 Å². The van der Waals surface area contributed by atoms with Gasteiger partial charge in [-0.25, -0.2) is 4.79 Å². The molecular formula is C16H18N2O3. The molecule has 0 unspecified atom stereocenters. The molecule has 1 aromatic carbocycles. The van der Waals surface area contributed by atoms with E-state index >= 15 is 0 Å². The molecule has 21 heavy (non-hydrogen) atoms. The molecule has 0 atom stereocenters. The predicted molar refractivity (Wildman–Crippen MR) is 79.3 cm³/mol. The molecule has 5 heteroatoms. The molecule has 2 N–H and O–H groups in total. The minimum atomic E-state index is -1.05. The fourth-order valence-electron chi connectivity index (χ4n) is 2.66. The van der Waals surface area contributed by atoms with Crippen LogP contribution >= 0.6 is 0 Å². The summed E-state index contributed by atoms with van der Waals surface area (Å²) in [6.07, 6.45) is 1.91. The van der Waals surface area contributed by atoms with Crippen LogP contribution in [0.1, 0.15) is 36.7 Å². The van der Waals surface area contributed by atoms with Gasteiger partial charge in [0.1, 0.15) is 11.2 Å². The highest BCUT2D eigenvalue weighted by molar-refractivity contribution is 6.01. The van der Waals surface area contributed by atoms with Gasteiger partial charge < -0.3 is 15.0 Å². The molecule has 1 fully saturated rings. The Kier molecular flexibility index (Phi) is 3.20. The van der Waals surface area contributed by atoms with Crippen LogP contribution in [0.2, 0.25) is 0 Å². The summed E-state index contributed by atoms with van der Waals surface area (Å²) in [7, 11) is 0. The van der Waals surface area contributed by atoms with Gasteiger partial charge in [-0.1, -0.05) is 25.1 Å². The first-order chi connectivity index (χ1) is 10.1. The second kappa shape index (κ2) is 4.91. The van der Waals surface area contributed by atoms with E-state index in [1.807, 2.05) is 34.9 Å². The summed E-state index contributed by atoms with van der Waals surface area (Å²) in [6, 6.07) is 9.64. The van der Waals surface area contributed by atoms with Crippen molar-refractivity contribution in [1.29, 1.82) is 0 Å². The summed E-state index contributed by atoms with van der Waals surface area (Å²) in [5, 5.41) is 12.9. The third-order valence-corrected chi connectivity index (χ3v) is 4.00. The van der Waals surface area contributed by atoms with E-state index in [1.165, 1.54) is 0 Å². The molecule has 5 nitrogen and oxygen atoms in total. The smallest absolute Gasteiger partial charge is 0.329 e. The number of carbonyl (C=O) groups excluding carboxylic acids is 1. The minimum Gasteiger partial charge on any atom is -0.480 e. The lowest BCUT2D eigenvalue weighted by Gasteiger charge is -2.14. The normalized spacial score (nSPS) is 15.9. The number of hydrogen-bond donors (Lipinski definition) is 2. The molecule has 1 saturated carbocycles. The zero-order valence-corrected chi connectivity index (χ0v) is 11.9. The molecule has 0 spiro atoms. The van der Waals surface area contributed by atoms with Crippen molar-refractivity contribution in [3.63, 3.8) is 0 Å². The van der Waals surface area contributed by atoms with Gasteiger partial charge >= 0.3 is 5.97 Å². The number of amides is 1. The van der Waals surface area contributed by atoms with E-state index in [9.17, 15) is 14.7 Å². The second-order valence-corrected chi connectivity index (χ2v) is 5.58. The molecule has 110 valence electrons. The standard InChI is InChI=1S/C16H18N2O3/c1-2-9-18-12-6-4-3-5-11(12)10-13(18)14(19)17-16(7-8-16)15(20)21/h3-6,10H,2,7-9H2,1H3,(H,17,19)(H,20,21). The van der Waals surface area contributed by atoms with Gasteiger partial charge in [0.15, 0.2) is 0 Å². The largest absolute Gasteiger partial charge is 0.480 e. The molecular weight excluding hydrogens is 268 g/mol. The van der Waals surface area contributed by atoms with Crippen molar-refractivity contribution in [2.45, 2.75) is 38.3 Å². The Bertz CT molecular complexity index is 713. The van der Waals surface area contributed by atoms with E-state index < -0.39 is 11.5 Å². The number of nitrogens with one attached hydrogen (secondary N) is 1. The Labute approximate surface area is 122 Å². The number of rotatable bonds is 5. The average molecular weight is 286 g/mol. The van der Waals surface area contributed by atoms with Gasteiger partial charge in [-0.05, 0) is 31.4 Å². The van der Waals surface area contributed by atoms with Crippen molar-refractivity contribution in [1.82, 2.24) is 9.88 Å². The van der Waals surface area contributed by atoms with Crippen molar-refractivity contribution >= 4 is 22.8 Å². The van der Waals surface area contributed by atoms with Crippen molar-refractivity contribution in [3.8, 4) is 0 Å². The van der Waals surface area contributed by atoms with Crippen LogP contribution < -0.4 is 5.32 Å². The minimum absolute atomic E-state index is 0.306. The van der Waals surface area contributed by atoms with Gasteiger partial charge in [-0.15, -0.1) is 0 Å². The number of benzene rings is 1. The molecule has 3 rings (SSSR count). The monoisotopic (exact) mass is 286 g/mol. The van der Waals surface area contributed by atoms with E-state index in [2.05, 4.69) is 12.2 Å². The third kappa shape index (κ3) is 2.28. The van der Waals surface area contributed by atoms with Crippen LogP contribution in [0, 0.1) is 0 Å². The summed E-state index contributed by atoms with van der Waals surface area (Å²) in [4.78, 5) is 23.7. The summed E-state index contributed by atoms with van der Waals surface area (Å²) < 4.78 is 1.96. The van der Waals surface area contributed by atoms with Crippen molar-refractivity contribution in [3.05, 3.63) is 36.0 Å². The zero-order valence-electron chi connectivity index (χ0n) is 11.9. The molecule has 1 aliphatic rings. The Morgan fingerprint density at radius 3 is 2.67 bits per heavy atom. The maximum atomic E-state index is 12.5. The van der Waals surface area contributed by atoms with Crippen LogP contribution in [0.15, 0.2) is 30.3 Å². The van der Waals surface area contributed by atoms with Gasteiger partial charge in [0.05, 0.1) is 0 Å². The Hall–Kier alpha value is -2.30. The van der Waals surface area contributed by atoms with Crippen molar-refractivity contribution < 1.29 is 14.7 Å². The first-order valence-electron chi connectivity index (χ1n) is 7.21. The van der Waals surface area contributed by atoms with Crippen LogP contribution in [0.25, 0.3) is 10.9 Å². The lowest BCUT2D eigenvalue weighted by molar-refractivity contribution is -0.140. The number of fused-ring (bicyclic) bond motifs is 1. The highest BCUT2D eigenvalue weighted by Gasteiger charge is 2.51. The first kappa shape index (κ1) is 13.7. The number of carbonyl (C=O) groups is 2. The molecule has 0 aliphatic heterocycles. The Balaban J connectivity index is 1.97. The molecule has 1 aliphatic carbocycles.